The fraction of sp³-hybridized carbons (Fsp3) is 0.182. The Morgan fingerprint density at radius 3 is 2.76 bits per heavy atom. The van der Waals surface area contributed by atoms with Crippen molar-refractivity contribution in [1.82, 2.24) is 24.5 Å². The van der Waals surface area contributed by atoms with E-state index in [1.165, 1.54) is 46.4 Å². The van der Waals surface area contributed by atoms with E-state index in [9.17, 15) is 12.8 Å². The fourth-order valence-corrected chi connectivity index (χ4v) is 3.63. The number of halogens is 1. The average Bonchev–Trinajstić information content (AvgIpc) is 3.00. The van der Waals surface area contributed by atoms with Crippen molar-refractivity contribution in [3.05, 3.63) is 47.0 Å². The van der Waals surface area contributed by atoms with Crippen molar-refractivity contribution in [3.63, 3.8) is 0 Å². The first-order valence-corrected chi connectivity index (χ1v) is 8.36. The minimum absolute atomic E-state index is 0.0809. The van der Waals surface area contributed by atoms with Gasteiger partial charge in [-0.25, -0.2) is 17.5 Å². The van der Waals surface area contributed by atoms with E-state index >= 15 is 0 Å². The molecule has 10 heteroatoms. The summed E-state index contributed by atoms with van der Waals surface area (Å²) in [4.78, 5) is 0.600. The Bertz CT molecular complexity index is 828. The molecule has 1 aromatic carbocycles. The second-order valence-electron chi connectivity index (χ2n) is 4.26. The number of benzene rings is 1. The van der Waals surface area contributed by atoms with Crippen LogP contribution < -0.4 is 4.72 Å². The van der Waals surface area contributed by atoms with Gasteiger partial charge in [-0.15, -0.1) is 10.2 Å². The number of nitrogens with one attached hydrogen (secondary N) is 1. The second kappa shape index (κ2) is 5.47. The highest BCUT2D eigenvalue weighted by molar-refractivity contribution is 7.88. The van der Waals surface area contributed by atoms with E-state index in [-0.39, 0.29) is 12.3 Å². The van der Waals surface area contributed by atoms with Crippen molar-refractivity contribution in [3.8, 4) is 0 Å². The number of fused-ring (bicyclic) bond motifs is 1. The fourth-order valence-electron chi connectivity index (χ4n) is 1.70. The Morgan fingerprint density at radius 1 is 1.29 bits per heavy atom. The first-order valence-electron chi connectivity index (χ1n) is 5.89. The first-order chi connectivity index (χ1) is 10.0. The van der Waals surface area contributed by atoms with Crippen LogP contribution in [0, 0.1) is 5.82 Å². The summed E-state index contributed by atoms with van der Waals surface area (Å²) >= 11 is 1.25. The molecule has 0 atom stereocenters. The molecular weight excluding hydrogens is 317 g/mol. The molecule has 0 aliphatic rings. The minimum Gasteiger partial charge on any atom is -0.212 e. The molecule has 110 valence electrons. The van der Waals surface area contributed by atoms with Crippen LogP contribution in [0.25, 0.3) is 4.96 Å². The third-order valence-electron chi connectivity index (χ3n) is 2.64. The molecule has 3 rings (SSSR count). The van der Waals surface area contributed by atoms with E-state index < -0.39 is 15.8 Å². The van der Waals surface area contributed by atoms with Crippen LogP contribution in [-0.4, -0.2) is 28.2 Å². The summed E-state index contributed by atoms with van der Waals surface area (Å²) in [5.41, 5.74) is 0.516. The Labute approximate surface area is 123 Å². The summed E-state index contributed by atoms with van der Waals surface area (Å²) in [5, 5.41) is 12.2. The molecule has 3 aromatic rings. The zero-order chi connectivity index (χ0) is 14.9. The number of hydrogen-bond donors (Lipinski definition) is 1. The summed E-state index contributed by atoms with van der Waals surface area (Å²) in [7, 11) is -3.52. The van der Waals surface area contributed by atoms with Crippen molar-refractivity contribution < 1.29 is 12.8 Å². The standard InChI is InChI=1S/C11H10FN5O2S2/c12-9-3-1-8(2-4-9)6-21(18,19)14-5-10-16-17-7-13-15-11(17)20-10/h1-4,7,14H,5-6H2. The van der Waals surface area contributed by atoms with Gasteiger partial charge in [0.05, 0.1) is 12.3 Å². The molecule has 0 bridgehead atoms. The van der Waals surface area contributed by atoms with Crippen LogP contribution in [0.1, 0.15) is 10.6 Å². The van der Waals surface area contributed by atoms with Gasteiger partial charge in [0.1, 0.15) is 17.2 Å². The lowest BCUT2D eigenvalue weighted by Gasteiger charge is -2.05. The van der Waals surface area contributed by atoms with E-state index in [4.69, 9.17) is 0 Å². The number of hydrogen-bond acceptors (Lipinski definition) is 6. The van der Waals surface area contributed by atoms with E-state index in [0.29, 0.717) is 15.5 Å². The lowest BCUT2D eigenvalue weighted by atomic mass is 10.2. The van der Waals surface area contributed by atoms with Gasteiger partial charge in [-0.3, -0.25) is 0 Å². The highest BCUT2D eigenvalue weighted by Gasteiger charge is 2.13. The smallest absolute Gasteiger partial charge is 0.212 e. The lowest BCUT2D eigenvalue weighted by Crippen LogP contribution is -2.24. The highest BCUT2D eigenvalue weighted by atomic mass is 32.2. The molecule has 0 unspecified atom stereocenters. The zero-order valence-corrected chi connectivity index (χ0v) is 12.2. The molecule has 2 aromatic heterocycles. The topological polar surface area (TPSA) is 89.2 Å². The van der Waals surface area contributed by atoms with Gasteiger partial charge >= 0.3 is 0 Å². The molecule has 0 amide bonds. The Balaban J connectivity index is 1.65. The van der Waals surface area contributed by atoms with Gasteiger partial charge in [-0.2, -0.15) is 9.61 Å². The molecule has 21 heavy (non-hydrogen) atoms. The molecule has 0 spiro atoms. The van der Waals surface area contributed by atoms with Crippen LogP contribution in [0.2, 0.25) is 0 Å². The number of aromatic nitrogens is 4. The van der Waals surface area contributed by atoms with Gasteiger partial charge in [0.25, 0.3) is 0 Å². The van der Waals surface area contributed by atoms with E-state index in [1.54, 1.807) is 0 Å². The molecule has 0 saturated carbocycles. The largest absolute Gasteiger partial charge is 0.234 e. The Hall–Kier alpha value is -1.91. The first kappa shape index (κ1) is 14.0. The number of sulfonamides is 1. The van der Waals surface area contributed by atoms with Crippen LogP contribution in [-0.2, 0) is 22.3 Å². The predicted molar refractivity (Wildman–Crippen MR) is 74.5 cm³/mol. The highest BCUT2D eigenvalue weighted by Crippen LogP contribution is 2.12. The molecule has 0 aliphatic carbocycles. The van der Waals surface area contributed by atoms with Crippen molar-refractivity contribution in [2.45, 2.75) is 12.3 Å². The van der Waals surface area contributed by atoms with Crippen LogP contribution in [0.3, 0.4) is 0 Å². The third-order valence-corrected chi connectivity index (χ3v) is 4.85. The van der Waals surface area contributed by atoms with Gasteiger partial charge in [-0.05, 0) is 17.7 Å². The van der Waals surface area contributed by atoms with Gasteiger partial charge in [-0.1, -0.05) is 23.5 Å². The van der Waals surface area contributed by atoms with E-state index in [2.05, 4.69) is 20.0 Å². The summed E-state index contributed by atoms with van der Waals surface area (Å²) in [6.07, 6.45) is 1.45. The van der Waals surface area contributed by atoms with Crippen molar-refractivity contribution in [1.29, 1.82) is 0 Å². The monoisotopic (exact) mass is 327 g/mol. The number of rotatable bonds is 5. The maximum absolute atomic E-state index is 12.8. The molecule has 0 aliphatic heterocycles. The molecule has 7 nitrogen and oxygen atoms in total. The summed E-state index contributed by atoms with van der Waals surface area (Å²) < 4.78 is 40.6. The maximum atomic E-state index is 12.8. The molecule has 2 heterocycles. The van der Waals surface area contributed by atoms with Crippen LogP contribution >= 0.6 is 11.3 Å². The SMILES string of the molecule is O=S(=O)(Cc1ccc(F)cc1)NCc1nn2cnnc2s1. The summed E-state index contributed by atoms with van der Waals surface area (Å²) in [6, 6.07) is 5.34. The van der Waals surface area contributed by atoms with Crippen molar-refractivity contribution in [2.75, 3.05) is 0 Å². The normalized spacial score (nSPS) is 12.0. The molecular formula is C11H10FN5O2S2. The van der Waals surface area contributed by atoms with Crippen LogP contribution in [0.4, 0.5) is 4.39 Å². The van der Waals surface area contributed by atoms with Crippen molar-refractivity contribution >= 4 is 26.3 Å². The van der Waals surface area contributed by atoms with Crippen molar-refractivity contribution in [2.24, 2.45) is 0 Å². The Morgan fingerprint density at radius 2 is 2.05 bits per heavy atom. The van der Waals surface area contributed by atoms with E-state index in [0.717, 1.165) is 0 Å². The predicted octanol–water partition coefficient (Wildman–Crippen LogP) is 0.945. The van der Waals surface area contributed by atoms with Gasteiger partial charge < -0.3 is 0 Å². The molecule has 1 N–H and O–H groups in total. The van der Waals surface area contributed by atoms with Crippen LogP contribution in [0.15, 0.2) is 30.6 Å². The maximum Gasteiger partial charge on any atom is 0.234 e. The molecule has 0 radical (unpaired) electrons. The minimum atomic E-state index is -3.52. The van der Waals surface area contributed by atoms with Gasteiger partial charge in [0, 0.05) is 0 Å². The van der Waals surface area contributed by atoms with E-state index in [1.807, 2.05) is 0 Å². The Kier molecular flexibility index (Phi) is 3.66. The zero-order valence-electron chi connectivity index (χ0n) is 10.6. The van der Waals surface area contributed by atoms with Gasteiger partial charge in [0.2, 0.25) is 15.0 Å². The van der Waals surface area contributed by atoms with Crippen LogP contribution in [0.5, 0.6) is 0 Å². The van der Waals surface area contributed by atoms with Gasteiger partial charge in [0.15, 0.2) is 0 Å². The lowest BCUT2D eigenvalue weighted by molar-refractivity contribution is 0.579. The quantitative estimate of drug-likeness (QED) is 0.753. The molecule has 0 saturated heterocycles. The average molecular weight is 327 g/mol. The number of nitrogens with zero attached hydrogens (tertiary/aromatic N) is 4. The third kappa shape index (κ3) is 3.40. The second-order valence-corrected chi connectivity index (χ2v) is 7.11. The molecule has 0 fully saturated rings. The summed E-state index contributed by atoms with van der Waals surface area (Å²) in [6.45, 7) is 0.0809. The summed E-state index contributed by atoms with van der Waals surface area (Å²) in [5.74, 6) is -0.610.